The Labute approximate surface area is 122 Å². The number of carboxylic acid groups (broad SMARTS) is 1. The molecule has 0 radical (unpaired) electrons. The SMILES string of the molecule is N#Cc1cccc(OCC(=O)N2CCC(C(=O)O)CC2)c1. The van der Waals surface area contributed by atoms with Gasteiger partial charge in [0.1, 0.15) is 5.75 Å². The lowest BCUT2D eigenvalue weighted by Crippen LogP contribution is -2.42. The number of carbonyl (C=O) groups is 2. The molecule has 0 atom stereocenters. The largest absolute Gasteiger partial charge is 0.484 e. The normalized spacial score (nSPS) is 15.3. The first-order valence-corrected chi connectivity index (χ1v) is 6.73. The minimum Gasteiger partial charge on any atom is -0.484 e. The number of carboxylic acids is 1. The zero-order valence-corrected chi connectivity index (χ0v) is 11.5. The van der Waals surface area contributed by atoms with E-state index in [-0.39, 0.29) is 18.4 Å². The van der Waals surface area contributed by atoms with Gasteiger partial charge in [0.15, 0.2) is 6.61 Å². The molecule has 21 heavy (non-hydrogen) atoms. The van der Waals surface area contributed by atoms with E-state index >= 15 is 0 Å². The summed E-state index contributed by atoms with van der Waals surface area (Å²) in [6.07, 6.45) is 0.954. The first-order chi connectivity index (χ1) is 10.1. The number of nitriles is 1. The van der Waals surface area contributed by atoms with Crippen LogP contribution >= 0.6 is 0 Å². The van der Waals surface area contributed by atoms with E-state index in [0.717, 1.165) is 0 Å². The Morgan fingerprint density at radius 1 is 1.38 bits per heavy atom. The van der Waals surface area contributed by atoms with E-state index in [9.17, 15) is 9.59 Å². The highest BCUT2D eigenvalue weighted by molar-refractivity contribution is 5.78. The summed E-state index contributed by atoms with van der Waals surface area (Å²) in [6, 6.07) is 8.61. The van der Waals surface area contributed by atoms with Gasteiger partial charge in [-0.2, -0.15) is 5.26 Å². The van der Waals surface area contributed by atoms with Crippen LogP contribution in [-0.2, 0) is 9.59 Å². The molecule has 2 rings (SSSR count). The van der Waals surface area contributed by atoms with E-state index in [4.69, 9.17) is 15.1 Å². The van der Waals surface area contributed by atoms with Gasteiger partial charge in [-0.15, -0.1) is 0 Å². The van der Waals surface area contributed by atoms with Crippen molar-refractivity contribution in [3.05, 3.63) is 29.8 Å². The van der Waals surface area contributed by atoms with Crippen LogP contribution in [-0.4, -0.2) is 41.6 Å². The Kier molecular flexibility index (Phi) is 4.77. The van der Waals surface area contributed by atoms with Gasteiger partial charge in [0.25, 0.3) is 5.91 Å². The summed E-state index contributed by atoms with van der Waals surface area (Å²) in [4.78, 5) is 24.5. The van der Waals surface area contributed by atoms with Crippen molar-refractivity contribution >= 4 is 11.9 Å². The van der Waals surface area contributed by atoms with Crippen LogP contribution in [0.3, 0.4) is 0 Å². The number of likely N-dealkylation sites (tertiary alicyclic amines) is 1. The van der Waals surface area contributed by atoms with Crippen molar-refractivity contribution < 1.29 is 19.4 Å². The molecule has 0 aliphatic carbocycles. The lowest BCUT2D eigenvalue weighted by Gasteiger charge is -2.30. The summed E-state index contributed by atoms with van der Waals surface area (Å²) in [6.45, 7) is 0.779. The summed E-state index contributed by atoms with van der Waals surface area (Å²) in [5, 5.41) is 17.7. The molecule has 1 amide bonds. The van der Waals surface area contributed by atoms with Gasteiger partial charge in [0.2, 0.25) is 0 Å². The van der Waals surface area contributed by atoms with Crippen molar-refractivity contribution in [2.24, 2.45) is 5.92 Å². The molecule has 1 aromatic rings. The molecular formula is C15H16N2O4. The first-order valence-electron chi connectivity index (χ1n) is 6.73. The summed E-state index contributed by atoms with van der Waals surface area (Å²) in [7, 11) is 0. The number of nitrogens with zero attached hydrogens (tertiary/aromatic N) is 2. The predicted octanol–water partition coefficient (Wildman–Crippen LogP) is 1.26. The minimum atomic E-state index is -0.799. The molecule has 0 spiro atoms. The number of ether oxygens (including phenoxy) is 1. The van der Waals surface area contributed by atoms with E-state index in [2.05, 4.69) is 0 Å². The molecule has 1 saturated heterocycles. The highest BCUT2D eigenvalue weighted by atomic mass is 16.5. The summed E-state index contributed by atoms with van der Waals surface area (Å²) >= 11 is 0. The third kappa shape index (κ3) is 3.96. The fourth-order valence-corrected chi connectivity index (χ4v) is 2.27. The molecule has 1 fully saturated rings. The van der Waals surface area contributed by atoms with E-state index < -0.39 is 5.97 Å². The second kappa shape index (κ2) is 6.75. The Bertz CT molecular complexity index is 571. The fourth-order valence-electron chi connectivity index (χ4n) is 2.27. The van der Waals surface area contributed by atoms with Crippen molar-refractivity contribution in [3.8, 4) is 11.8 Å². The highest BCUT2D eigenvalue weighted by Gasteiger charge is 2.26. The molecular weight excluding hydrogens is 272 g/mol. The molecule has 6 heteroatoms. The van der Waals surface area contributed by atoms with Gasteiger partial charge < -0.3 is 14.7 Å². The first kappa shape index (κ1) is 14.9. The maximum Gasteiger partial charge on any atom is 0.306 e. The molecule has 1 aliphatic heterocycles. The average Bonchev–Trinajstić information content (AvgIpc) is 2.53. The van der Waals surface area contributed by atoms with Crippen molar-refractivity contribution in [1.82, 2.24) is 4.90 Å². The standard InChI is InChI=1S/C15H16N2O4/c16-9-11-2-1-3-13(8-11)21-10-14(18)17-6-4-12(5-7-17)15(19)20/h1-3,8,12H,4-7,10H2,(H,19,20). The maximum absolute atomic E-state index is 12.0. The maximum atomic E-state index is 12.0. The van der Waals surface area contributed by atoms with Gasteiger partial charge in [0.05, 0.1) is 17.6 Å². The molecule has 1 N–H and O–H groups in total. The molecule has 1 heterocycles. The number of carbonyl (C=O) groups excluding carboxylic acids is 1. The summed E-state index contributed by atoms with van der Waals surface area (Å²) < 4.78 is 5.38. The fraction of sp³-hybridized carbons (Fsp3) is 0.400. The van der Waals surface area contributed by atoms with Gasteiger partial charge in [-0.3, -0.25) is 9.59 Å². The van der Waals surface area contributed by atoms with Crippen molar-refractivity contribution in [3.63, 3.8) is 0 Å². The second-order valence-corrected chi connectivity index (χ2v) is 4.92. The lowest BCUT2D eigenvalue weighted by molar-refractivity contribution is -0.146. The van der Waals surface area contributed by atoms with Crippen molar-refractivity contribution in [2.75, 3.05) is 19.7 Å². The molecule has 0 unspecified atom stereocenters. The van der Waals surface area contributed by atoms with Crippen LogP contribution in [0.15, 0.2) is 24.3 Å². The van der Waals surface area contributed by atoms with E-state index in [0.29, 0.717) is 37.2 Å². The Hall–Kier alpha value is -2.55. The van der Waals surface area contributed by atoms with Gasteiger partial charge in [-0.05, 0) is 31.0 Å². The van der Waals surface area contributed by atoms with Gasteiger partial charge in [-0.25, -0.2) is 0 Å². The molecule has 0 saturated carbocycles. The number of amides is 1. The zero-order valence-electron chi connectivity index (χ0n) is 11.5. The molecule has 0 aromatic heterocycles. The molecule has 1 aliphatic rings. The Balaban J connectivity index is 1.83. The lowest BCUT2D eigenvalue weighted by atomic mass is 9.97. The molecule has 6 nitrogen and oxygen atoms in total. The van der Waals surface area contributed by atoms with Crippen molar-refractivity contribution in [2.45, 2.75) is 12.8 Å². The molecule has 110 valence electrons. The van der Waals surface area contributed by atoms with Gasteiger partial charge in [0, 0.05) is 13.1 Å². The number of hydrogen-bond donors (Lipinski definition) is 1. The predicted molar refractivity (Wildman–Crippen MR) is 73.6 cm³/mol. The third-order valence-corrected chi connectivity index (χ3v) is 3.52. The molecule has 0 bridgehead atoms. The van der Waals surface area contributed by atoms with Crippen LogP contribution in [0.1, 0.15) is 18.4 Å². The minimum absolute atomic E-state index is 0.105. The number of hydrogen-bond acceptors (Lipinski definition) is 4. The van der Waals surface area contributed by atoms with Gasteiger partial charge in [-0.1, -0.05) is 6.07 Å². The number of piperidine rings is 1. The van der Waals surface area contributed by atoms with Crippen LogP contribution in [0.4, 0.5) is 0 Å². The summed E-state index contributed by atoms with van der Waals surface area (Å²) in [5.41, 5.74) is 0.474. The van der Waals surface area contributed by atoms with E-state index in [1.165, 1.54) is 0 Å². The van der Waals surface area contributed by atoms with E-state index in [1.54, 1.807) is 29.2 Å². The van der Waals surface area contributed by atoms with Crippen LogP contribution in [0, 0.1) is 17.2 Å². The van der Waals surface area contributed by atoms with E-state index in [1.807, 2.05) is 6.07 Å². The van der Waals surface area contributed by atoms with Crippen LogP contribution in [0.2, 0.25) is 0 Å². The Morgan fingerprint density at radius 2 is 2.10 bits per heavy atom. The van der Waals surface area contributed by atoms with Crippen LogP contribution < -0.4 is 4.74 Å². The average molecular weight is 288 g/mol. The monoisotopic (exact) mass is 288 g/mol. The highest BCUT2D eigenvalue weighted by Crippen LogP contribution is 2.18. The van der Waals surface area contributed by atoms with Crippen LogP contribution in [0.5, 0.6) is 5.75 Å². The number of benzene rings is 1. The third-order valence-electron chi connectivity index (χ3n) is 3.52. The van der Waals surface area contributed by atoms with Gasteiger partial charge >= 0.3 is 5.97 Å². The Morgan fingerprint density at radius 3 is 2.71 bits per heavy atom. The topological polar surface area (TPSA) is 90.6 Å². The van der Waals surface area contributed by atoms with Crippen molar-refractivity contribution in [1.29, 1.82) is 5.26 Å². The summed E-state index contributed by atoms with van der Waals surface area (Å²) in [5.74, 6) is -0.849. The molecule has 1 aromatic carbocycles. The zero-order chi connectivity index (χ0) is 15.2. The number of aliphatic carboxylic acids is 1. The van der Waals surface area contributed by atoms with Crippen LogP contribution in [0.25, 0.3) is 0 Å². The second-order valence-electron chi connectivity index (χ2n) is 4.92. The smallest absolute Gasteiger partial charge is 0.306 e. The number of rotatable bonds is 4. The quantitative estimate of drug-likeness (QED) is 0.900.